The Morgan fingerprint density at radius 1 is 1.10 bits per heavy atom. The summed E-state index contributed by atoms with van der Waals surface area (Å²) in [5, 5.41) is 24.3. The van der Waals surface area contributed by atoms with Gasteiger partial charge in [-0.1, -0.05) is 11.6 Å². The highest BCUT2D eigenvalue weighted by Crippen LogP contribution is 2.35. The highest BCUT2D eigenvalue weighted by Gasteiger charge is 2.35. The van der Waals surface area contributed by atoms with Crippen LogP contribution in [0.1, 0.15) is 6.42 Å². The molecule has 2 aliphatic heterocycles. The molecular weight excluding hydrogens is 539 g/mol. The Kier molecular flexibility index (Phi) is 8.38. The van der Waals surface area contributed by atoms with Crippen LogP contribution in [0.25, 0.3) is 11.3 Å². The van der Waals surface area contributed by atoms with Gasteiger partial charge in [-0.15, -0.1) is 10.2 Å². The van der Waals surface area contributed by atoms with E-state index in [9.17, 15) is 19.1 Å². The normalized spacial score (nSPS) is 16.4. The van der Waals surface area contributed by atoms with E-state index in [1.807, 2.05) is 0 Å². The number of piperazine rings is 1. The molecule has 13 heteroatoms. The molecule has 3 aromatic rings. The largest absolute Gasteiger partial charge is 0.481 e. The molecule has 3 N–H and O–H groups in total. The second-order valence-corrected chi connectivity index (χ2v) is 10.5. The van der Waals surface area contributed by atoms with Crippen LogP contribution < -0.4 is 15.5 Å². The van der Waals surface area contributed by atoms with Crippen molar-refractivity contribution in [3.05, 3.63) is 53.4 Å². The molecular formula is C27H30ClFN8O3. The van der Waals surface area contributed by atoms with Crippen molar-refractivity contribution in [3.63, 3.8) is 0 Å². The van der Waals surface area contributed by atoms with E-state index in [0.717, 1.165) is 26.2 Å². The third kappa shape index (κ3) is 6.64. The Bertz CT molecular complexity index is 1400. The number of rotatable bonds is 9. The summed E-state index contributed by atoms with van der Waals surface area (Å²) in [5.74, 6) is -1.20. The van der Waals surface area contributed by atoms with E-state index in [1.54, 1.807) is 29.3 Å². The maximum absolute atomic E-state index is 14.6. The van der Waals surface area contributed by atoms with E-state index in [0.29, 0.717) is 41.0 Å². The van der Waals surface area contributed by atoms with Crippen molar-refractivity contribution in [1.29, 1.82) is 0 Å². The standard InChI is InChI=1S/C27H30ClFN8O3/c1-35-8-10-36(11-9-35)7-5-25(38)32-24-13-19(4-6-30-24)31-23-14-22(20-12-18(28)2-3-21(20)29)33-34-26(23)37-15-17(16-37)27(39)40/h2-4,6,12-14,17H,5,7-11,15-16H2,1H3,(H,39,40)(H2,30,31,32,33,38). The van der Waals surface area contributed by atoms with Gasteiger partial charge in [-0.3, -0.25) is 9.59 Å². The van der Waals surface area contributed by atoms with E-state index in [-0.39, 0.29) is 30.3 Å². The number of amides is 1. The third-order valence-corrected chi connectivity index (χ3v) is 7.30. The van der Waals surface area contributed by atoms with Gasteiger partial charge in [-0.05, 0) is 37.4 Å². The molecule has 0 saturated carbocycles. The molecule has 0 unspecified atom stereocenters. The average Bonchev–Trinajstić information content (AvgIpc) is 2.90. The number of halogens is 2. The van der Waals surface area contributed by atoms with Gasteiger partial charge < -0.3 is 30.4 Å². The fraction of sp³-hybridized carbons (Fsp3) is 0.370. The van der Waals surface area contributed by atoms with Crippen molar-refractivity contribution in [1.82, 2.24) is 25.0 Å². The van der Waals surface area contributed by atoms with Crippen molar-refractivity contribution in [3.8, 4) is 11.3 Å². The summed E-state index contributed by atoms with van der Waals surface area (Å²) in [6, 6.07) is 9.23. The van der Waals surface area contributed by atoms with Gasteiger partial charge in [0.25, 0.3) is 0 Å². The summed E-state index contributed by atoms with van der Waals surface area (Å²) in [7, 11) is 2.09. The second kappa shape index (κ2) is 12.1. The number of pyridine rings is 1. The highest BCUT2D eigenvalue weighted by atomic mass is 35.5. The van der Waals surface area contributed by atoms with Crippen LogP contribution in [0.5, 0.6) is 0 Å². The first-order chi connectivity index (χ1) is 19.2. The van der Waals surface area contributed by atoms with Gasteiger partial charge in [0.2, 0.25) is 5.91 Å². The molecule has 0 aliphatic carbocycles. The molecule has 2 fully saturated rings. The maximum atomic E-state index is 14.6. The van der Waals surface area contributed by atoms with Crippen molar-refractivity contribution in [2.45, 2.75) is 6.42 Å². The Morgan fingerprint density at radius 3 is 2.62 bits per heavy atom. The predicted octanol–water partition coefficient (Wildman–Crippen LogP) is 3.17. The molecule has 5 rings (SSSR count). The third-order valence-electron chi connectivity index (χ3n) is 7.07. The number of hydrogen-bond donors (Lipinski definition) is 3. The Morgan fingerprint density at radius 2 is 1.88 bits per heavy atom. The van der Waals surface area contributed by atoms with E-state index < -0.39 is 17.7 Å². The molecule has 0 radical (unpaired) electrons. The lowest BCUT2D eigenvalue weighted by Crippen LogP contribution is -2.51. The lowest BCUT2D eigenvalue weighted by atomic mass is 10.0. The molecule has 210 valence electrons. The Balaban J connectivity index is 1.32. The fourth-order valence-corrected chi connectivity index (χ4v) is 4.78. The number of aliphatic carboxylic acids is 1. The number of carboxylic acids is 1. The lowest BCUT2D eigenvalue weighted by molar-refractivity contribution is -0.142. The Labute approximate surface area is 236 Å². The number of carbonyl (C=O) groups is 2. The molecule has 1 aromatic carbocycles. The number of nitrogens with zero attached hydrogens (tertiary/aromatic N) is 6. The first kappa shape index (κ1) is 27.7. The topological polar surface area (TPSA) is 127 Å². The molecule has 40 heavy (non-hydrogen) atoms. The second-order valence-electron chi connectivity index (χ2n) is 10.0. The number of aromatic nitrogens is 3. The van der Waals surface area contributed by atoms with Crippen LogP contribution in [0.2, 0.25) is 5.02 Å². The molecule has 0 spiro atoms. The molecule has 11 nitrogen and oxygen atoms in total. The van der Waals surface area contributed by atoms with Crippen molar-refractivity contribution in [2.75, 3.05) is 68.4 Å². The summed E-state index contributed by atoms with van der Waals surface area (Å²) < 4.78 is 14.6. The minimum Gasteiger partial charge on any atom is -0.481 e. The molecule has 0 atom stereocenters. The number of benzene rings is 1. The van der Waals surface area contributed by atoms with Gasteiger partial charge in [-0.2, -0.15) is 0 Å². The van der Waals surface area contributed by atoms with Gasteiger partial charge in [0, 0.05) is 80.8 Å². The maximum Gasteiger partial charge on any atom is 0.310 e. The van der Waals surface area contributed by atoms with Gasteiger partial charge in [0.1, 0.15) is 11.6 Å². The van der Waals surface area contributed by atoms with Crippen LogP contribution >= 0.6 is 11.6 Å². The van der Waals surface area contributed by atoms with Gasteiger partial charge >= 0.3 is 5.97 Å². The molecule has 0 bridgehead atoms. The van der Waals surface area contributed by atoms with Gasteiger partial charge in [-0.25, -0.2) is 9.37 Å². The van der Waals surface area contributed by atoms with E-state index >= 15 is 0 Å². The zero-order chi connectivity index (χ0) is 28.2. The fourth-order valence-electron chi connectivity index (χ4n) is 4.61. The first-order valence-corrected chi connectivity index (χ1v) is 13.4. The number of carbonyl (C=O) groups excluding carboxylic acids is 1. The minimum absolute atomic E-state index is 0.131. The van der Waals surface area contributed by atoms with Crippen LogP contribution in [-0.4, -0.2) is 94.8 Å². The number of anilines is 4. The highest BCUT2D eigenvalue weighted by molar-refractivity contribution is 6.30. The van der Waals surface area contributed by atoms with Crippen LogP contribution in [-0.2, 0) is 9.59 Å². The zero-order valence-corrected chi connectivity index (χ0v) is 22.7. The molecule has 2 aliphatic rings. The predicted molar refractivity (Wildman–Crippen MR) is 150 cm³/mol. The minimum atomic E-state index is -0.876. The van der Waals surface area contributed by atoms with Gasteiger partial charge in [0.05, 0.1) is 17.3 Å². The van der Waals surface area contributed by atoms with Crippen molar-refractivity contribution >= 4 is 46.5 Å². The summed E-state index contributed by atoms with van der Waals surface area (Å²) in [4.78, 5) is 34.5. The van der Waals surface area contributed by atoms with Crippen LogP contribution in [0.15, 0.2) is 42.6 Å². The van der Waals surface area contributed by atoms with Crippen molar-refractivity contribution < 1.29 is 19.1 Å². The van der Waals surface area contributed by atoms with E-state index in [4.69, 9.17) is 11.6 Å². The van der Waals surface area contributed by atoms with Crippen molar-refractivity contribution in [2.24, 2.45) is 5.92 Å². The molecule has 2 saturated heterocycles. The number of hydrogen-bond acceptors (Lipinski definition) is 9. The number of carboxylic acid groups (broad SMARTS) is 1. The number of likely N-dealkylation sites (N-methyl/N-ethyl adjacent to an activating group) is 1. The average molecular weight is 569 g/mol. The molecule has 2 aromatic heterocycles. The van der Waals surface area contributed by atoms with E-state index in [2.05, 4.69) is 42.7 Å². The van der Waals surface area contributed by atoms with Crippen LogP contribution in [0.4, 0.5) is 27.4 Å². The lowest BCUT2D eigenvalue weighted by Gasteiger charge is -2.38. The summed E-state index contributed by atoms with van der Waals surface area (Å²) in [5.41, 5.74) is 1.54. The summed E-state index contributed by atoms with van der Waals surface area (Å²) in [6.07, 6.45) is 1.92. The SMILES string of the molecule is CN1CCN(CCC(=O)Nc2cc(Nc3cc(-c4cc(Cl)ccc4F)nnc3N3CC(C(=O)O)C3)ccn2)CC1. The quantitative estimate of drug-likeness (QED) is 0.354. The Hall–Kier alpha value is -3.87. The summed E-state index contributed by atoms with van der Waals surface area (Å²) >= 11 is 6.09. The zero-order valence-electron chi connectivity index (χ0n) is 22.0. The van der Waals surface area contributed by atoms with Crippen LogP contribution in [0.3, 0.4) is 0 Å². The smallest absolute Gasteiger partial charge is 0.310 e. The van der Waals surface area contributed by atoms with E-state index in [1.165, 1.54) is 18.2 Å². The number of nitrogens with one attached hydrogen (secondary N) is 2. The monoisotopic (exact) mass is 568 g/mol. The molecule has 4 heterocycles. The first-order valence-electron chi connectivity index (χ1n) is 13.0. The van der Waals surface area contributed by atoms with Crippen LogP contribution in [0, 0.1) is 11.7 Å². The molecule has 1 amide bonds. The van der Waals surface area contributed by atoms with Gasteiger partial charge in [0.15, 0.2) is 5.82 Å². The summed E-state index contributed by atoms with van der Waals surface area (Å²) in [6.45, 7) is 5.08.